The van der Waals surface area contributed by atoms with E-state index in [1.807, 2.05) is 30.3 Å². The molecule has 0 aliphatic carbocycles. The molecule has 32 heavy (non-hydrogen) atoms. The fourth-order valence-corrected chi connectivity index (χ4v) is 5.64. The summed E-state index contributed by atoms with van der Waals surface area (Å²) in [6, 6.07) is 14.6. The standard InChI is InChI=1S/C24H24ClN3O4/c1-32-11-5-10-28-21(29)19-18(12-14-6-3-2-4-7-14)27-24(20(19)22(28)30)16-13-15(25)8-9-17(16)26-23(24)31/h2-4,6-9,13,18-20,27H,5,10-12H2,1H3,(H,26,31)/t18-,19-,20+,24+/m1/s1. The lowest BCUT2D eigenvalue weighted by molar-refractivity contribution is -0.143. The minimum Gasteiger partial charge on any atom is -0.385 e. The van der Waals surface area contributed by atoms with Gasteiger partial charge in [0.05, 0.1) is 11.8 Å². The fraction of sp³-hybridized carbons (Fsp3) is 0.375. The zero-order valence-corrected chi connectivity index (χ0v) is 18.4. The molecule has 1 spiro atoms. The Kier molecular flexibility index (Phi) is 5.28. The SMILES string of the molecule is COCCCN1C(=O)[C@H]2[C@@H](C1=O)[C@]1(N[C@@H]2Cc2ccccc2)C(=O)Nc2ccc(Cl)cc21. The minimum absolute atomic E-state index is 0.232. The Morgan fingerprint density at radius 1 is 1.09 bits per heavy atom. The minimum atomic E-state index is -1.33. The van der Waals surface area contributed by atoms with E-state index in [0.29, 0.717) is 35.7 Å². The molecule has 2 fully saturated rings. The summed E-state index contributed by atoms with van der Waals surface area (Å²) in [6.45, 7) is 0.721. The first kappa shape index (κ1) is 21.1. The number of anilines is 1. The zero-order chi connectivity index (χ0) is 22.5. The predicted octanol–water partition coefficient (Wildman–Crippen LogP) is 2.34. The largest absolute Gasteiger partial charge is 0.385 e. The number of rotatable bonds is 6. The van der Waals surface area contributed by atoms with E-state index in [-0.39, 0.29) is 30.3 Å². The molecule has 3 aliphatic heterocycles. The highest BCUT2D eigenvalue weighted by Crippen LogP contribution is 2.53. The number of imide groups is 1. The number of nitrogens with zero attached hydrogens (tertiary/aromatic N) is 1. The number of ether oxygens (including phenoxy) is 1. The third kappa shape index (κ3) is 3.07. The van der Waals surface area contributed by atoms with Crippen molar-refractivity contribution in [3.8, 4) is 0 Å². The maximum Gasteiger partial charge on any atom is 0.250 e. The van der Waals surface area contributed by atoms with Gasteiger partial charge in [-0.3, -0.25) is 24.6 Å². The van der Waals surface area contributed by atoms with Gasteiger partial charge in [0.25, 0.3) is 0 Å². The van der Waals surface area contributed by atoms with E-state index in [4.69, 9.17) is 16.3 Å². The van der Waals surface area contributed by atoms with Crippen molar-refractivity contribution in [3.05, 3.63) is 64.7 Å². The van der Waals surface area contributed by atoms with Crippen molar-refractivity contribution >= 4 is 35.0 Å². The van der Waals surface area contributed by atoms with Crippen LogP contribution in [0.2, 0.25) is 5.02 Å². The molecule has 166 valence electrons. The first-order chi connectivity index (χ1) is 15.5. The molecule has 0 saturated carbocycles. The number of benzene rings is 2. The molecule has 8 heteroatoms. The van der Waals surface area contributed by atoms with Gasteiger partial charge in [-0.2, -0.15) is 0 Å². The predicted molar refractivity (Wildman–Crippen MR) is 119 cm³/mol. The van der Waals surface area contributed by atoms with Crippen molar-refractivity contribution in [1.29, 1.82) is 0 Å². The Labute approximate surface area is 191 Å². The average Bonchev–Trinajstić information content (AvgIpc) is 3.35. The lowest BCUT2D eigenvalue weighted by Crippen LogP contribution is -2.53. The monoisotopic (exact) mass is 453 g/mol. The number of hydrogen-bond donors (Lipinski definition) is 2. The molecule has 2 N–H and O–H groups in total. The maximum atomic E-state index is 13.6. The summed E-state index contributed by atoms with van der Waals surface area (Å²) < 4.78 is 5.10. The Morgan fingerprint density at radius 2 is 1.88 bits per heavy atom. The Morgan fingerprint density at radius 3 is 2.62 bits per heavy atom. The molecule has 2 aromatic carbocycles. The van der Waals surface area contributed by atoms with Crippen LogP contribution in [0.4, 0.5) is 5.69 Å². The second kappa shape index (κ2) is 7.99. The lowest BCUT2D eigenvalue weighted by atomic mass is 9.76. The average molecular weight is 454 g/mol. The van der Waals surface area contributed by atoms with Gasteiger partial charge in [0.15, 0.2) is 0 Å². The van der Waals surface area contributed by atoms with Crippen molar-refractivity contribution < 1.29 is 19.1 Å². The number of carbonyl (C=O) groups is 3. The first-order valence-corrected chi connectivity index (χ1v) is 11.1. The van der Waals surface area contributed by atoms with E-state index < -0.39 is 17.4 Å². The Bertz CT molecular complexity index is 1090. The number of amides is 3. The second-order valence-corrected chi connectivity index (χ2v) is 9.01. The summed E-state index contributed by atoms with van der Waals surface area (Å²) >= 11 is 6.28. The maximum absolute atomic E-state index is 13.6. The first-order valence-electron chi connectivity index (χ1n) is 10.7. The van der Waals surface area contributed by atoms with Crippen LogP contribution in [-0.4, -0.2) is 48.9 Å². The molecular weight excluding hydrogens is 430 g/mol. The van der Waals surface area contributed by atoms with Crippen molar-refractivity contribution in [3.63, 3.8) is 0 Å². The summed E-state index contributed by atoms with van der Waals surface area (Å²) in [5.74, 6) is -2.33. The van der Waals surface area contributed by atoms with Gasteiger partial charge in [0, 0.05) is 42.6 Å². The molecule has 0 aromatic heterocycles. The lowest BCUT2D eigenvalue weighted by Gasteiger charge is -2.29. The molecule has 2 aromatic rings. The quantitative estimate of drug-likeness (QED) is 0.518. The van der Waals surface area contributed by atoms with Crippen molar-refractivity contribution in [1.82, 2.24) is 10.2 Å². The molecule has 5 rings (SSSR count). The van der Waals surface area contributed by atoms with Crippen LogP contribution in [0.25, 0.3) is 0 Å². The highest BCUT2D eigenvalue weighted by atomic mass is 35.5. The third-order valence-electron chi connectivity index (χ3n) is 6.80. The number of carbonyl (C=O) groups excluding carboxylic acids is 3. The van der Waals surface area contributed by atoms with Crippen molar-refractivity contribution in [2.24, 2.45) is 11.8 Å². The van der Waals surface area contributed by atoms with Crippen molar-refractivity contribution in [2.45, 2.75) is 24.4 Å². The van der Waals surface area contributed by atoms with Gasteiger partial charge in [-0.25, -0.2) is 0 Å². The summed E-state index contributed by atoms with van der Waals surface area (Å²) in [5.41, 5.74) is 0.945. The van der Waals surface area contributed by atoms with Crippen LogP contribution in [0, 0.1) is 11.8 Å². The zero-order valence-electron chi connectivity index (χ0n) is 17.6. The van der Waals surface area contributed by atoms with Gasteiger partial charge in [-0.1, -0.05) is 41.9 Å². The number of halogens is 1. The van der Waals surface area contributed by atoms with Gasteiger partial charge in [0.1, 0.15) is 5.54 Å². The normalized spacial score (nSPS) is 28.4. The molecule has 3 heterocycles. The molecular formula is C24H24ClN3O4. The van der Waals surface area contributed by atoms with E-state index in [2.05, 4.69) is 10.6 Å². The van der Waals surface area contributed by atoms with E-state index in [0.717, 1.165) is 5.56 Å². The highest BCUT2D eigenvalue weighted by Gasteiger charge is 2.70. The summed E-state index contributed by atoms with van der Waals surface area (Å²) in [5, 5.41) is 6.80. The van der Waals surface area contributed by atoms with Crippen LogP contribution < -0.4 is 10.6 Å². The summed E-state index contributed by atoms with van der Waals surface area (Å²) in [6.07, 6.45) is 1.07. The summed E-state index contributed by atoms with van der Waals surface area (Å²) in [4.78, 5) is 41.8. The molecule has 3 amide bonds. The highest BCUT2D eigenvalue weighted by molar-refractivity contribution is 6.31. The molecule has 2 saturated heterocycles. The van der Waals surface area contributed by atoms with Crippen LogP contribution in [0.1, 0.15) is 17.5 Å². The van der Waals surface area contributed by atoms with Gasteiger partial charge in [0.2, 0.25) is 17.7 Å². The van der Waals surface area contributed by atoms with E-state index in [9.17, 15) is 14.4 Å². The fourth-order valence-electron chi connectivity index (χ4n) is 5.46. The van der Waals surface area contributed by atoms with Gasteiger partial charge in [-0.15, -0.1) is 0 Å². The number of likely N-dealkylation sites (tertiary alicyclic amines) is 1. The Balaban J connectivity index is 1.59. The number of methoxy groups -OCH3 is 1. The molecule has 3 aliphatic rings. The van der Waals surface area contributed by atoms with Crippen LogP contribution in [0.3, 0.4) is 0 Å². The van der Waals surface area contributed by atoms with Crippen LogP contribution in [0.15, 0.2) is 48.5 Å². The van der Waals surface area contributed by atoms with Gasteiger partial charge < -0.3 is 10.1 Å². The van der Waals surface area contributed by atoms with E-state index in [1.54, 1.807) is 25.3 Å². The van der Waals surface area contributed by atoms with Crippen LogP contribution in [0.5, 0.6) is 0 Å². The van der Waals surface area contributed by atoms with Crippen molar-refractivity contribution in [2.75, 3.05) is 25.6 Å². The molecule has 0 radical (unpaired) electrons. The van der Waals surface area contributed by atoms with Gasteiger partial charge in [-0.05, 0) is 36.6 Å². The molecule has 4 atom stereocenters. The molecule has 7 nitrogen and oxygen atoms in total. The third-order valence-corrected chi connectivity index (χ3v) is 7.03. The number of hydrogen-bond acceptors (Lipinski definition) is 5. The number of nitrogens with one attached hydrogen (secondary N) is 2. The van der Waals surface area contributed by atoms with Crippen LogP contribution in [-0.2, 0) is 31.1 Å². The van der Waals surface area contributed by atoms with E-state index >= 15 is 0 Å². The van der Waals surface area contributed by atoms with Crippen LogP contribution >= 0.6 is 11.6 Å². The smallest absolute Gasteiger partial charge is 0.250 e. The van der Waals surface area contributed by atoms with E-state index in [1.165, 1.54) is 4.90 Å². The molecule has 0 bridgehead atoms. The topological polar surface area (TPSA) is 87.7 Å². The molecule has 0 unspecified atom stereocenters. The Hall–Kier alpha value is -2.74. The number of fused-ring (bicyclic) bond motifs is 4. The second-order valence-electron chi connectivity index (χ2n) is 8.57. The summed E-state index contributed by atoms with van der Waals surface area (Å²) in [7, 11) is 1.58. The van der Waals surface area contributed by atoms with Gasteiger partial charge >= 0.3 is 0 Å².